The molecule has 0 bridgehead atoms. The number of hydrogen-bond donors (Lipinski definition) is 2. The molecule has 1 aromatic rings. The Morgan fingerprint density at radius 3 is 3.28 bits per heavy atom. The van der Waals surface area contributed by atoms with E-state index in [9.17, 15) is 0 Å². The van der Waals surface area contributed by atoms with E-state index in [1.807, 2.05) is 0 Å². The lowest BCUT2D eigenvalue weighted by Gasteiger charge is -2.18. The van der Waals surface area contributed by atoms with Crippen LogP contribution in [0.2, 0.25) is 0 Å². The van der Waals surface area contributed by atoms with Crippen molar-refractivity contribution in [3.63, 3.8) is 0 Å². The number of hydrogen-bond acceptors (Lipinski definition) is 3. The summed E-state index contributed by atoms with van der Waals surface area (Å²) in [6, 6.07) is 6.61. The molecule has 1 saturated heterocycles. The van der Waals surface area contributed by atoms with E-state index in [0.717, 1.165) is 44.2 Å². The van der Waals surface area contributed by atoms with Gasteiger partial charge < -0.3 is 15.4 Å². The van der Waals surface area contributed by atoms with Crippen molar-refractivity contribution in [1.82, 2.24) is 10.6 Å². The number of benzene rings is 1. The maximum atomic E-state index is 5.64. The fourth-order valence-electron chi connectivity index (χ4n) is 2.83. The molecular weight excluding hydrogens is 224 g/mol. The molecule has 2 N–H and O–H groups in total. The zero-order valence-electron chi connectivity index (χ0n) is 10.9. The zero-order valence-corrected chi connectivity index (χ0v) is 10.9. The van der Waals surface area contributed by atoms with Gasteiger partial charge >= 0.3 is 0 Å². The predicted molar refractivity (Wildman–Crippen MR) is 72.9 cm³/mol. The third kappa shape index (κ3) is 2.85. The molecular formula is C15H22N2O. The molecule has 1 fully saturated rings. The van der Waals surface area contributed by atoms with Gasteiger partial charge in [-0.2, -0.15) is 0 Å². The van der Waals surface area contributed by atoms with Crippen LogP contribution in [0, 0.1) is 5.92 Å². The highest BCUT2D eigenvalue weighted by Crippen LogP contribution is 2.25. The van der Waals surface area contributed by atoms with Crippen LogP contribution < -0.4 is 15.4 Å². The van der Waals surface area contributed by atoms with E-state index in [1.54, 1.807) is 0 Å². The van der Waals surface area contributed by atoms with Crippen molar-refractivity contribution >= 4 is 0 Å². The van der Waals surface area contributed by atoms with Gasteiger partial charge in [-0.25, -0.2) is 0 Å². The van der Waals surface area contributed by atoms with Gasteiger partial charge in [0, 0.05) is 6.54 Å². The second-order valence-electron chi connectivity index (χ2n) is 5.38. The van der Waals surface area contributed by atoms with E-state index in [1.165, 1.54) is 30.6 Å². The third-order valence-electron chi connectivity index (χ3n) is 3.90. The van der Waals surface area contributed by atoms with Gasteiger partial charge in [0.1, 0.15) is 5.75 Å². The van der Waals surface area contributed by atoms with Gasteiger partial charge in [0.2, 0.25) is 0 Å². The summed E-state index contributed by atoms with van der Waals surface area (Å²) in [4.78, 5) is 0. The molecule has 1 atom stereocenters. The topological polar surface area (TPSA) is 33.3 Å². The Morgan fingerprint density at radius 1 is 1.39 bits per heavy atom. The average Bonchev–Trinajstić information content (AvgIpc) is 2.92. The van der Waals surface area contributed by atoms with Gasteiger partial charge in [0.15, 0.2) is 0 Å². The van der Waals surface area contributed by atoms with E-state index in [2.05, 4.69) is 28.8 Å². The van der Waals surface area contributed by atoms with Crippen molar-refractivity contribution in [1.29, 1.82) is 0 Å². The number of nitrogens with one attached hydrogen (secondary N) is 2. The second-order valence-corrected chi connectivity index (χ2v) is 5.38. The lowest BCUT2D eigenvalue weighted by Crippen LogP contribution is -2.24. The zero-order chi connectivity index (χ0) is 12.2. The highest BCUT2D eigenvalue weighted by molar-refractivity contribution is 5.38. The molecule has 0 aliphatic carbocycles. The van der Waals surface area contributed by atoms with Gasteiger partial charge in [0.05, 0.1) is 6.61 Å². The van der Waals surface area contributed by atoms with E-state index in [-0.39, 0.29) is 0 Å². The SMILES string of the molecule is c1cc2c(cc1CNCC1CCNC1)CCCO2. The molecule has 2 aliphatic rings. The number of aryl methyl sites for hydroxylation is 1. The maximum absolute atomic E-state index is 5.64. The van der Waals surface area contributed by atoms with Crippen molar-refractivity contribution in [2.24, 2.45) is 5.92 Å². The molecule has 0 radical (unpaired) electrons. The minimum atomic E-state index is 0.811. The van der Waals surface area contributed by atoms with Crippen molar-refractivity contribution in [3.8, 4) is 5.75 Å². The molecule has 0 aromatic heterocycles. The molecule has 98 valence electrons. The van der Waals surface area contributed by atoms with Crippen molar-refractivity contribution in [3.05, 3.63) is 29.3 Å². The summed E-state index contributed by atoms with van der Waals surface area (Å²) in [5, 5.41) is 6.97. The molecule has 2 aliphatic heterocycles. The van der Waals surface area contributed by atoms with E-state index < -0.39 is 0 Å². The fourth-order valence-corrected chi connectivity index (χ4v) is 2.83. The molecule has 1 aromatic carbocycles. The number of ether oxygens (including phenoxy) is 1. The van der Waals surface area contributed by atoms with Crippen LogP contribution in [-0.4, -0.2) is 26.2 Å². The molecule has 3 heteroatoms. The van der Waals surface area contributed by atoms with Crippen LogP contribution in [-0.2, 0) is 13.0 Å². The summed E-state index contributed by atoms with van der Waals surface area (Å²) in [5.74, 6) is 1.90. The first kappa shape index (κ1) is 12.0. The molecule has 2 heterocycles. The van der Waals surface area contributed by atoms with Gasteiger partial charge in [-0.05, 0) is 62.0 Å². The summed E-state index contributed by atoms with van der Waals surface area (Å²) in [6.07, 6.45) is 3.62. The van der Waals surface area contributed by atoms with Gasteiger partial charge in [0.25, 0.3) is 0 Å². The monoisotopic (exact) mass is 246 g/mol. The Kier molecular flexibility index (Phi) is 3.81. The summed E-state index contributed by atoms with van der Waals surface area (Å²) in [5.41, 5.74) is 2.76. The van der Waals surface area contributed by atoms with Crippen LogP contribution in [0.4, 0.5) is 0 Å². The molecule has 3 rings (SSSR count). The minimum Gasteiger partial charge on any atom is -0.493 e. The molecule has 3 nitrogen and oxygen atoms in total. The summed E-state index contributed by atoms with van der Waals surface area (Å²) in [6.45, 7) is 5.33. The maximum Gasteiger partial charge on any atom is 0.122 e. The number of rotatable bonds is 4. The first-order valence-corrected chi connectivity index (χ1v) is 7.08. The molecule has 0 amide bonds. The van der Waals surface area contributed by atoms with Crippen LogP contribution in [0.5, 0.6) is 5.75 Å². The standard InChI is InChI=1S/C15H22N2O/c1-2-14-8-12(3-4-15(14)18-7-1)9-17-11-13-5-6-16-10-13/h3-4,8,13,16-17H,1-2,5-7,9-11H2. The summed E-state index contributed by atoms with van der Waals surface area (Å²) >= 11 is 0. The van der Waals surface area contributed by atoms with Crippen LogP contribution in [0.3, 0.4) is 0 Å². The van der Waals surface area contributed by atoms with Crippen LogP contribution in [0.1, 0.15) is 24.0 Å². The molecule has 1 unspecified atom stereocenters. The Labute approximate surface area is 109 Å². The van der Waals surface area contributed by atoms with E-state index >= 15 is 0 Å². The van der Waals surface area contributed by atoms with Crippen molar-refractivity contribution < 1.29 is 4.74 Å². The van der Waals surface area contributed by atoms with E-state index in [0.29, 0.717) is 0 Å². The van der Waals surface area contributed by atoms with Gasteiger partial charge in [-0.15, -0.1) is 0 Å². The Bertz CT molecular complexity index is 399. The first-order valence-electron chi connectivity index (χ1n) is 7.08. The van der Waals surface area contributed by atoms with Crippen molar-refractivity contribution in [2.75, 3.05) is 26.2 Å². The Hall–Kier alpha value is -1.06. The molecule has 18 heavy (non-hydrogen) atoms. The normalized spacial score (nSPS) is 22.6. The summed E-state index contributed by atoms with van der Waals surface area (Å²) < 4.78 is 5.64. The highest BCUT2D eigenvalue weighted by Gasteiger charge is 2.14. The number of fused-ring (bicyclic) bond motifs is 1. The van der Waals surface area contributed by atoms with Gasteiger partial charge in [-0.3, -0.25) is 0 Å². The second kappa shape index (κ2) is 5.72. The Morgan fingerprint density at radius 2 is 2.39 bits per heavy atom. The van der Waals surface area contributed by atoms with Gasteiger partial charge in [-0.1, -0.05) is 12.1 Å². The third-order valence-corrected chi connectivity index (χ3v) is 3.90. The lowest BCUT2D eigenvalue weighted by atomic mass is 10.0. The average molecular weight is 246 g/mol. The van der Waals surface area contributed by atoms with Crippen LogP contribution in [0.25, 0.3) is 0 Å². The highest BCUT2D eigenvalue weighted by atomic mass is 16.5. The minimum absolute atomic E-state index is 0.811. The first-order chi connectivity index (χ1) is 8.92. The van der Waals surface area contributed by atoms with Crippen LogP contribution in [0.15, 0.2) is 18.2 Å². The van der Waals surface area contributed by atoms with Crippen molar-refractivity contribution in [2.45, 2.75) is 25.8 Å². The van der Waals surface area contributed by atoms with E-state index in [4.69, 9.17) is 4.74 Å². The smallest absolute Gasteiger partial charge is 0.122 e. The molecule has 0 spiro atoms. The quantitative estimate of drug-likeness (QED) is 0.848. The predicted octanol–water partition coefficient (Wildman–Crippen LogP) is 1.71. The molecule has 0 saturated carbocycles. The lowest BCUT2D eigenvalue weighted by molar-refractivity contribution is 0.288. The van der Waals surface area contributed by atoms with Crippen LogP contribution >= 0.6 is 0 Å². The fraction of sp³-hybridized carbons (Fsp3) is 0.600. The largest absolute Gasteiger partial charge is 0.493 e. The Balaban J connectivity index is 1.52. The summed E-state index contributed by atoms with van der Waals surface area (Å²) in [7, 11) is 0.